The lowest BCUT2D eigenvalue weighted by Gasteiger charge is -2.30. The maximum absolute atomic E-state index is 12.5. The molecule has 0 bridgehead atoms. The summed E-state index contributed by atoms with van der Waals surface area (Å²) in [6.07, 6.45) is -0.228. The average Bonchev–Trinajstić information content (AvgIpc) is 2.69. The molecule has 0 saturated heterocycles. The Kier molecular flexibility index (Phi) is 6.72. The predicted molar refractivity (Wildman–Crippen MR) is 111 cm³/mol. The summed E-state index contributed by atoms with van der Waals surface area (Å²) in [5.41, 5.74) is 1.87. The molecule has 7 heteroatoms. The maximum Gasteiger partial charge on any atom is 0.238 e. The highest BCUT2D eigenvalue weighted by atomic mass is 16.6. The van der Waals surface area contributed by atoms with Gasteiger partial charge in [0, 0.05) is 12.7 Å². The molecule has 0 unspecified atom stereocenters. The predicted octanol–water partition coefficient (Wildman–Crippen LogP) is 2.16. The lowest BCUT2D eigenvalue weighted by molar-refractivity contribution is -0.132. The molecular formula is C22H27N3O4. The normalized spacial score (nSPS) is 15.1. The van der Waals surface area contributed by atoms with E-state index in [2.05, 4.69) is 5.32 Å². The summed E-state index contributed by atoms with van der Waals surface area (Å²) < 4.78 is 11.6. The molecule has 2 amide bonds. The number of likely N-dealkylation sites (N-methyl/N-ethyl adjacent to an activating group) is 2. The van der Waals surface area contributed by atoms with Gasteiger partial charge in [0.25, 0.3) is 0 Å². The number of anilines is 1. The zero-order valence-electron chi connectivity index (χ0n) is 17.1. The summed E-state index contributed by atoms with van der Waals surface area (Å²) in [5, 5.41) is 2.84. The number of rotatable bonds is 7. The largest absolute Gasteiger partial charge is 0.486 e. The number of hydrogen-bond acceptors (Lipinski definition) is 5. The van der Waals surface area contributed by atoms with E-state index in [1.165, 1.54) is 0 Å². The van der Waals surface area contributed by atoms with Gasteiger partial charge in [-0.3, -0.25) is 14.5 Å². The number of nitrogens with zero attached hydrogens (tertiary/aromatic N) is 2. The SMILES string of the molecule is Cc1ccc(NC(=O)CN(C)CC(=O)N(C)C[C@H]2COc3ccccc3O2)cc1. The summed E-state index contributed by atoms with van der Waals surface area (Å²) >= 11 is 0. The summed E-state index contributed by atoms with van der Waals surface area (Å²) in [5.74, 6) is 1.16. The molecule has 0 fully saturated rings. The van der Waals surface area contributed by atoms with E-state index in [4.69, 9.17) is 9.47 Å². The van der Waals surface area contributed by atoms with Gasteiger partial charge in [0.1, 0.15) is 6.61 Å². The van der Waals surface area contributed by atoms with Gasteiger partial charge in [0.05, 0.1) is 19.6 Å². The van der Waals surface area contributed by atoms with Crippen molar-refractivity contribution in [3.05, 3.63) is 54.1 Å². The Bertz CT molecular complexity index is 853. The maximum atomic E-state index is 12.5. The van der Waals surface area contributed by atoms with Gasteiger partial charge in [-0.1, -0.05) is 29.8 Å². The summed E-state index contributed by atoms with van der Waals surface area (Å²) in [4.78, 5) is 28.0. The van der Waals surface area contributed by atoms with Crippen molar-refractivity contribution in [1.82, 2.24) is 9.80 Å². The van der Waals surface area contributed by atoms with Crippen LogP contribution in [0.2, 0.25) is 0 Å². The number of nitrogens with one attached hydrogen (secondary N) is 1. The van der Waals surface area contributed by atoms with Crippen LogP contribution < -0.4 is 14.8 Å². The first-order valence-electron chi connectivity index (χ1n) is 9.58. The molecule has 1 aliphatic rings. The number of para-hydroxylation sites is 2. The molecule has 0 radical (unpaired) electrons. The molecule has 1 aliphatic heterocycles. The van der Waals surface area contributed by atoms with Gasteiger partial charge < -0.3 is 19.7 Å². The molecule has 29 heavy (non-hydrogen) atoms. The van der Waals surface area contributed by atoms with Crippen molar-refractivity contribution in [1.29, 1.82) is 0 Å². The summed E-state index contributed by atoms with van der Waals surface area (Å²) in [7, 11) is 3.48. The van der Waals surface area contributed by atoms with Crippen molar-refractivity contribution in [2.45, 2.75) is 13.0 Å². The Hall–Kier alpha value is -3.06. The van der Waals surface area contributed by atoms with Crippen LogP contribution in [0.3, 0.4) is 0 Å². The van der Waals surface area contributed by atoms with Gasteiger partial charge >= 0.3 is 0 Å². The van der Waals surface area contributed by atoms with Gasteiger partial charge in [0.2, 0.25) is 11.8 Å². The quantitative estimate of drug-likeness (QED) is 0.775. The minimum atomic E-state index is -0.228. The van der Waals surface area contributed by atoms with Gasteiger partial charge in [-0.15, -0.1) is 0 Å². The second kappa shape index (κ2) is 9.43. The smallest absolute Gasteiger partial charge is 0.238 e. The fraction of sp³-hybridized carbons (Fsp3) is 0.364. The van der Waals surface area contributed by atoms with Crippen LogP contribution in [0.4, 0.5) is 5.69 Å². The Balaban J connectivity index is 1.43. The van der Waals surface area contributed by atoms with E-state index in [-0.39, 0.29) is 31.0 Å². The zero-order chi connectivity index (χ0) is 20.8. The highest BCUT2D eigenvalue weighted by Crippen LogP contribution is 2.30. The molecule has 1 heterocycles. The number of hydrogen-bond donors (Lipinski definition) is 1. The molecule has 7 nitrogen and oxygen atoms in total. The van der Waals surface area contributed by atoms with Crippen molar-refractivity contribution >= 4 is 17.5 Å². The Labute approximate surface area is 171 Å². The fourth-order valence-corrected chi connectivity index (χ4v) is 3.05. The first kappa shape index (κ1) is 20.7. The molecule has 0 aromatic heterocycles. The van der Waals surface area contributed by atoms with Crippen molar-refractivity contribution in [2.24, 2.45) is 0 Å². The second-order valence-corrected chi connectivity index (χ2v) is 7.36. The Morgan fingerprint density at radius 1 is 1.03 bits per heavy atom. The minimum Gasteiger partial charge on any atom is -0.486 e. The molecule has 1 atom stereocenters. The van der Waals surface area contributed by atoms with E-state index in [0.717, 1.165) is 17.0 Å². The monoisotopic (exact) mass is 397 g/mol. The highest BCUT2D eigenvalue weighted by Gasteiger charge is 2.24. The zero-order valence-corrected chi connectivity index (χ0v) is 17.1. The van der Waals surface area contributed by atoms with E-state index in [9.17, 15) is 9.59 Å². The molecule has 0 aliphatic carbocycles. The number of aryl methyl sites for hydroxylation is 1. The third kappa shape index (κ3) is 5.96. The van der Waals surface area contributed by atoms with Crippen molar-refractivity contribution in [2.75, 3.05) is 45.7 Å². The summed E-state index contributed by atoms with van der Waals surface area (Å²) in [6, 6.07) is 15.1. The van der Waals surface area contributed by atoms with E-state index in [1.54, 1.807) is 23.9 Å². The van der Waals surface area contributed by atoms with Crippen LogP contribution in [-0.2, 0) is 9.59 Å². The first-order valence-corrected chi connectivity index (χ1v) is 9.58. The van der Waals surface area contributed by atoms with Gasteiger partial charge in [-0.05, 0) is 38.2 Å². The van der Waals surface area contributed by atoms with E-state index < -0.39 is 0 Å². The molecule has 0 saturated carbocycles. The van der Waals surface area contributed by atoms with Crippen LogP contribution in [0.25, 0.3) is 0 Å². The average molecular weight is 397 g/mol. The van der Waals surface area contributed by atoms with Crippen molar-refractivity contribution < 1.29 is 19.1 Å². The third-order valence-corrected chi connectivity index (χ3v) is 4.62. The van der Waals surface area contributed by atoms with Gasteiger partial charge in [-0.2, -0.15) is 0 Å². The van der Waals surface area contributed by atoms with E-state index in [0.29, 0.717) is 18.9 Å². The third-order valence-electron chi connectivity index (χ3n) is 4.62. The first-order chi connectivity index (χ1) is 13.9. The molecular weight excluding hydrogens is 370 g/mol. The number of benzene rings is 2. The standard InChI is InChI=1S/C22H27N3O4/c1-16-8-10-17(11-9-16)23-21(26)13-24(2)14-22(27)25(3)12-18-15-28-19-6-4-5-7-20(19)29-18/h4-11,18H,12-15H2,1-3H3,(H,23,26)/t18-/m0/s1. The van der Waals surface area contributed by atoms with Crippen LogP contribution in [0.15, 0.2) is 48.5 Å². The lowest BCUT2D eigenvalue weighted by Crippen LogP contribution is -2.45. The van der Waals surface area contributed by atoms with Crippen molar-refractivity contribution in [3.8, 4) is 11.5 Å². The van der Waals surface area contributed by atoms with Crippen LogP contribution >= 0.6 is 0 Å². The summed E-state index contributed by atoms with van der Waals surface area (Å²) in [6.45, 7) is 3.07. The topological polar surface area (TPSA) is 71.1 Å². The molecule has 0 spiro atoms. The Morgan fingerprint density at radius 2 is 1.72 bits per heavy atom. The van der Waals surface area contributed by atoms with Crippen LogP contribution in [0.5, 0.6) is 11.5 Å². The number of fused-ring (bicyclic) bond motifs is 1. The number of carbonyl (C=O) groups is 2. The van der Waals surface area contributed by atoms with Gasteiger partial charge in [0.15, 0.2) is 17.6 Å². The molecule has 154 valence electrons. The number of ether oxygens (including phenoxy) is 2. The van der Waals surface area contributed by atoms with Crippen LogP contribution in [-0.4, -0.2) is 68.1 Å². The van der Waals surface area contributed by atoms with E-state index in [1.807, 2.05) is 55.5 Å². The van der Waals surface area contributed by atoms with Crippen LogP contribution in [0.1, 0.15) is 5.56 Å². The lowest BCUT2D eigenvalue weighted by atomic mass is 10.2. The van der Waals surface area contributed by atoms with Crippen LogP contribution in [0, 0.1) is 6.92 Å². The van der Waals surface area contributed by atoms with Crippen molar-refractivity contribution in [3.63, 3.8) is 0 Å². The second-order valence-electron chi connectivity index (χ2n) is 7.36. The molecule has 2 aromatic carbocycles. The molecule has 3 rings (SSSR count). The minimum absolute atomic E-state index is 0.0851. The van der Waals surface area contributed by atoms with E-state index >= 15 is 0 Å². The van der Waals surface area contributed by atoms with Gasteiger partial charge in [-0.25, -0.2) is 0 Å². The molecule has 1 N–H and O–H groups in total. The fourth-order valence-electron chi connectivity index (χ4n) is 3.05. The highest BCUT2D eigenvalue weighted by molar-refractivity contribution is 5.92. The number of amides is 2. The number of carbonyl (C=O) groups excluding carboxylic acids is 2. The molecule has 2 aromatic rings. The Morgan fingerprint density at radius 3 is 2.45 bits per heavy atom.